The topological polar surface area (TPSA) is 54.5 Å². The average molecular weight is 266 g/mol. The van der Waals surface area contributed by atoms with Gasteiger partial charge in [-0.25, -0.2) is 0 Å². The molecule has 0 saturated heterocycles. The van der Waals surface area contributed by atoms with E-state index in [1.807, 2.05) is 29.8 Å². The summed E-state index contributed by atoms with van der Waals surface area (Å²) < 4.78 is 2.03. The summed E-state index contributed by atoms with van der Waals surface area (Å²) >= 11 is 0. The van der Waals surface area contributed by atoms with Gasteiger partial charge in [0.1, 0.15) is 6.07 Å². The molecule has 0 saturated carbocycles. The van der Waals surface area contributed by atoms with Crippen molar-refractivity contribution in [3.8, 4) is 6.07 Å². The zero-order valence-electron chi connectivity index (χ0n) is 12.1. The lowest BCUT2D eigenvalue weighted by Gasteiger charge is -2.01. The summed E-state index contributed by atoms with van der Waals surface area (Å²) in [5, 5.41) is 13.6. The highest BCUT2D eigenvalue weighted by atomic mass is 15.3. The van der Waals surface area contributed by atoms with Gasteiger partial charge in [0.2, 0.25) is 0 Å². The van der Waals surface area contributed by atoms with E-state index in [1.165, 1.54) is 0 Å². The van der Waals surface area contributed by atoms with Gasteiger partial charge in [-0.1, -0.05) is 19.1 Å². The largest absolute Gasteiger partial charge is 0.269 e. The van der Waals surface area contributed by atoms with E-state index in [2.05, 4.69) is 30.0 Å². The fourth-order valence-corrected chi connectivity index (χ4v) is 2.20. The van der Waals surface area contributed by atoms with Crippen LogP contribution in [-0.4, -0.2) is 14.8 Å². The normalized spacial score (nSPS) is 10.9. The van der Waals surface area contributed by atoms with Crippen molar-refractivity contribution in [2.75, 3.05) is 0 Å². The van der Waals surface area contributed by atoms with Crippen LogP contribution in [0, 0.1) is 25.2 Å². The summed E-state index contributed by atoms with van der Waals surface area (Å²) in [6.07, 6.45) is 8.32. The second kappa shape index (κ2) is 6.16. The monoisotopic (exact) mass is 266 g/mol. The number of nitrogens with zero attached hydrogens (tertiary/aromatic N) is 4. The van der Waals surface area contributed by atoms with Gasteiger partial charge in [0, 0.05) is 30.2 Å². The van der Waals surface area contributed by atoms with E-state index in [9.17, 15) is 0 Å². The maximum atomic E-state index is 9.06. The number of rotatable bonds is 4. The van der Waals surface area contributed by atoms with Crippen LogP contribution in [0.1, 0.15) is 41.4 Å². The van der Waals surface area contributed by atoms with E-state index >= 15 is 0 Å². The number of hydrogen-bond donors (Lipinski definition) is 0. The lowest BCUT2D eigenvalue weighted by atomic mass is 10.1. The Morgan fingerprint density at radius 1 is 1.35 bits per heavy atom. The summed E-state index contributed by atoms with van der Waals surface area (Å²) in [7, 11) is 0. The molecule has 0 aliphatic rings. The third-order valence-electron chi connectivity index (χ3n) is 3.28. The fraction of sp³-hybridized carbons (Fsp3) is 0.312. The molecule has 20 heavy (non-hydrogen) atoms. The Hall–Kier alpha value is -2.41. The highest BCUT2D eigenvalue weighted by molar-refractivity contribution is 5.73. The number of hydrogen-bond acceptors (Lipinski definition) is 3. The predicted octanol–water partition coefficient (Wildman–Crippen LogP) is 3.35. The molecule has 0 fully saturated rings. The molecule has 0 amide bonds. The quantitative estimate of drug-likeness (QED) is 0.852. The highest BCUT2D eigenvalue weighted by Gasteiger charge is 2.08. The second-order valence-corrected chi connectivity index (χ2v) is 4.72. The van der Waals surface area contributed by atoms with Crippen LogP contribution >= 0.6 is 0 Å². The van der Waals surface area contributed by atoms with Gasteiger partial charge in [0.25, 0.3) is 0 Å². The maximum absolute atomic E-state index is 9.06. The zero-order valence-corrected chi connectivity index (χ0v) is 12.1. The lowest BCUT2D eigenvalue weighted by Crippen LogP contribution is -2.01. The molecule has 102 valence electrons. The molecule has 2 aromatic heterocycles. The molecule has 4 heteroatoms. The van der Waals surface area contributed by atoms with Gasteiger partial charge in [-0.05, 0) is 31.9 Å². The molecule has 0 aromatic carbocycles. The van der Waals surface area contributed by atoms with Crippen molar-refractivity contribution in [3.63, 3.8) is 0 Å². The standard InChI is InChI=1S/C16H18N4/c1-4-9-20-13(3)16(12(2)19-20)6-5-14-7-8-18-11-15(14)10-17/h5-8,11H,4,9H2,1-3H3. The van der Waals surface area contributed by atoms with Gasteiger partial charge in [-0.15, -0.1) is 0 Å². The Kier molecular flexibility index (Phi) is 4.31. The van der Waals surface area contributed by atoms with Crippen LogP contribution in [0.4, 0.5) is 0 Å². The molecule has 2 aromatic rings. The Morgan fingerprint density at radius 3 is 2.85 bits per heavy atom. The Balaban J connectivity index is 2.35. The summed E-state index contributed by atoms with van der Waals surface area (Å²) in [5.74, 6) is 0. The van der Waals surface area contributed by atoms with Crippen LogP contribution in [0.5, 0.6) is 0 Å². The third kappa shape index (κ3) is 2.77. The van der Waals surface area contributed by atoms with Crippen LogP contribution in [0.3, 0.4) is 0 Å². The number of aryl methyl sites for hydroxylation is 2. The summed E-state index contributed by atoms with van der Waals surface area (Å²) in [5.41, 5.74) is 4.76. The Morgan fingerprint density at radius 2 is 2.15 bits per heavy atom. The van der Waals surface area contributed by atoms with E-state index < -0.39 is 0 Å². The minimum Gasteiger partial charge on any atom is -0.269 e. The van der Waals surface area contributed by atoms with Gasteiger partial charge in [0.05, 0.1) is 11.3 Å². The molecule has 0 unspecified atom stereocenters. The minimum absolute atomic E-state index is 0.583. The average Bonchev–Trinajstić information content (AvgIpc) is 2.72. The van der Waals surface area contributed by atoms with Gasteiger partial charge in [0.15, 0.2) is 0 Å². The van der Waals surface area contributed by atoms with Crippen molar-refractivity contribution in [3.05, 3.63) is 46.5 Å². The van der Waals surface area contributed by atoms with E-state index in [0.717, 1.165) is 35.5 Å². The molecule has 0 N–H and O–H groups in total. The van der Waals surface area contributed by atoms with Crippen LogP contribution < -0.4 is 0 Å². The predicted molar refractivity (Wildman–Crippen MR) is 79.9 cm³/mol. The third-order valence-corrected chi connectivity index (χ3v) is 3.28. The molecule has 2 rings (SSSR count). The summed E-state index contributed by atoms with van der Waals surface area (Å²) in [6, 6.07) is 4.00. The van der Waals surface area contributed by atoms with Gasteiger partial charge < -0.3 is 0 Å². The molecule has 4 nitrogen and oxygen atoms in total. The van der Waals surface area contributed by atoms with Crippen molar-refractivity contribution >= 4 is 12.2 Å². The van der Waals surface area contributed by atoms with E-state index in [-0.39, 0.29) is 0 Å². The first-order chi connectivity index (χ1) is 9.67. The Bertz CT molecular complexity index is 674. The first-order valence-corrected chi connectivity index (χ1v) is 6.73. The summed E-state index contributed by atoms with van der Waals surface area (Å²) in [4.78, 5) is 3.96. The molecule has 0 aliphatic heterocycles. The SMILES string of the molecule is CCCn1nc(C)c(C=Cc2ccncc2C#N)c1C. The van der Waals surface area contributed by atoms with Gasteiger partial charge in [-0.3, -0.25) is 9.67 Å². The number of nitriles is 1. The van der Waals surface area contributed by atoms with E-state index in [4.69, 9.17) is 5.26 Å². The highest BCUT2D eigenvalue weighted by Crippen LogP contribution is 2.18. The summed E-state index contributed by atoms with van der Waals surface area (Å²) in [6.45, 7) is 7.16. The molecule has 2 heterocycles. The van der Waals surface area contributed by atoms with Gasteiger partial charge in [-0.2, -0.15) is 10.4 Å². The molecule has 0 bridgehead atoms. The Labute approximate surface area is 119 Å². The second-order valence-electron chi connectivity index (χ2n) is 4.72. The van der Waals surface area contributed by atoms with E-state index in [1.54, 1.807) is 12.4 Å². The van der Waals surface area contributed by atoms with Crippen molar-refractivity contribution in [1.29, 1.82) is 5.26 Å². The molecule has 0 atom stereocenters. The van der Waals surface area contributed by atoms with Gasteiger partial charge >= 0.3 is 0 Å². The molecule has 0 aliphatic carbocycles. The maximum Gasteiger partial charge on any atom is 0.101 e. The number of aromatic nitrogens is 3. The first-order valence-electron chi connectivity index (χ1n) is 6.73. The van der Waals surface area contributed by atoms with Crippen molar-refractivity contribution in [1.82, 2.24) is 14.8 Å². The molecule has 0 spiro atoms. The van der Waals surface area contributed by atoms with Crippen molar-refractivity contribution in [2.45, 2.75) is 33.7 Å². The smallest absolute Gasteiger partial charge is 0.101 e. The van der Waals surface area contributed by atoms with Crippen LogP contribution in [0.15, 0.2) is 18.5 Å². The van der Waals surface area contributed by atoms with Crippen LogP contribution in [-0.2, 0) is 6.54 Å². The first kappa shape index (κ1) is 14.0. The van der Waals surface area contributed by atoms with Crippen molar-refractivity contribution < 1.29 is 0 Å². The van der Waals surface area contributed by atoms with E-state index in [0.29, 0.717) is 5.56 Å². The van der Waals surface area contributed by atoms with Crippen LogP contribution in [0.25, 0.3) is 12.2 Å². The molecular formula is C16H18N4. The molecule has 0 radical (unpaired) electrons. The molecular weight excluding hydrogens is 248 g/mol. The number of pyridine rings is 1. The minimum atomic E-state index is 0.583. The zero-order chi connectivity index (χ0) is 14.5. The fourth-order valence-electron chi connectivity index (χ4n) is 2.20. The van der Waals surface area contributed by atoms with Crippen LogP contribution in [0.2, 0.25) is 0 Å². The van der Waals surface area contributed by atoms with Crippen molar-refractivity contribution in [2.24, 2.45) is 0 Å². The lowest BCUT2D eigenvalue weighted by molar-refractivity contribution is 0.583.